The predicted molar refractivity (Wildman–Crippen MR) is 84.9 cm³/mol. The minimum absolute atomic E-state index is 0.245. The Balaban J connectivity index is 1.80. The summed E-state index contributed by atoms with van der Waals surface area (Å²) in [6, 6.07) is 12.4. The lowest BCUT2D eigenvalue weighted by Gasteiger charge is -2.18. The lowest BCUT2D eigenvalue weighted by molar-refractivity contribution is 0.144. The molecule has 0 radical (unpaired) electrons. The molecule has 4 nitrogen and oxygen atoms in total. The molecule has 2 aromatic carbocycles. The quantitative estimate of drug-likeness (QED) is 0.869. The zero-order valence-electron chi connectivity index (χ0n) is 12.5. The fourth-order valence-corrected chi connectivity index (χ4v) is 2.77. The van der Waals surface area contributed by atoms with Crippen LogP contribution in [0.2, 0.25) is 0 Å². The molecule has 1 heterocycles. The second kappa shape index (κ2) is 5.74. The van der Waals surface area contributed by atoms with Crippen LogP contribution in [0.25, 0.3) is 10.8 Å². The molecule has 0 fully saturated rings. The van der Waals surface area contributed by atoms with Crippen molar-refractivity contribution < 1.29 is 9.53 Å². The van der Waals surface area contributed by atoms with Crippen LogP contribution in [0, 0.1) is 0 Å². The molecule has 0 atom stereocenters. The van der Waals surface area contributed by atoms with Crippen LogP contribution in [0.15, 0.2) is 36.4 Å². The highest BCUT2D eigenvalue weighted by molar-refractivity contribution is 5.98. The minimum Gasteiger partial charge on any atom is -0.448 e. The summed E-state index contributed by atoms with van der Waals surface area (Å²) < 4.78 is 5.35. The summed E-state index contributed by atoms with van der Waals surface area (Å²) in [6.07, 6.45) is 0.644. The van der Waals surface area contributed by atoms with Crippen LogP contribution in [0.1, 0.15) is 5.56 Å². The third kappa shape index (κ3) is 2.72. The van der Waals surface area contributed by atoms with Gasteiger partial charge in [0.05, 0.1) is 5.69 Å². The van der Waals surface area contributed by atoms with Crippen LogP contribution < -0.4 is 4.90 Å². The van der Waals surface area contributed by atoms with E-state index in [9.17, 15) is 4.79 Å². The first-order valence-corrected chi connectivity index (χ1v) is 7.26. The van der Waals surface area contributed by atoms with Crippen molar-refractivity contribution in [3.05, 3.63) is 42.0 Å². The number of anilines is 1. The number of likely N-dealkylation sites (N-methyl/N-ethyl adjacent to an activating group) is 1. The molecule has 21 heavy (non-hydrogen) atoms. The summed E-state index contributed by atoms with van der Waals surface area (Å²) >= 11 is 0. The molecule has 1 amide bonds. The summed E-state index contributed by atoms with van der Waals surface area (Å²) in [6.45, 7) is 1.86. The maximum atomic E-state index is 12.2. The van der Waals surface area contributed by atoms with Crippen molar-refractivity contribution in [3.8, 4) is 0 Å². The predicted octanol–water partition coefficient (Wildman–Crippen LogP) is 2.90. The number of nitrogens with zero attached hydrogens (tertiary/aromatic N) is 2. The number of carbonyl (C=O) groups excluding carboxylic acids is 1. The van der Waals surface area contributed by atoms with Gasteiger partial charge in [-0.15, -0.1) is 0 Å². The Kier molecular flexibility index (Phi) is 3.80. The molecule has 0 N–H and O–H groups in total. The van der Waals surface area contributed by atoms with E-state index in [2.05, 4.69) is 18.2 Å². The Bertz CT molecular complexity index is 667. The number of benzene rings is 2. The molecule has 0 bridgehead atoms. The Morgan fingerprint density at radius 1 is 1.24 bits per heavy atom. The molecule has 1 aliphatic heterocycles. The molecule has 0 aromatic heterocycles. The average Bonchev–Trinajstić information content (AvgIpc) is 2.91. The molecule has 0 aliphatic carbocycles. The first-order chi connectivity index (χ1) is 10.2. The molecular formula is C17H20N2O2. The van der Waals surface area contributed by atoms with Gasteiger partial charge in [0.2, 0.25) is 0 Å². The van der Waals surface area contributed by atoms with Crippen molar-refractivity contribution in [1.29, 1.82) is 0 Å². The Morgan fingerprint density at radius 3 is 2.86 bits per heavy atom. The van der Waals surface area contributed by atoms with E-state index in [0.29, 0.717) is 13.2 Å². The van der Waals surface area contributed by atoms with Crippen LogP contribution in [-0.4, -0.2) is 44.8 Å². The van der Waals surface area contributed by atoms with E-state index < -0.39 is 0 Å². The van der Waals surface area contributed by atoms with Crippen molar-refractivity contribution in [2.45, 2.75) is 6.42 Å². The summed E-state index contributed by atoms with van der Waals surface area (Å²) in [5, 5.41) is 2.46. The molecule has 2 aromatic rings. The monoisotopic (exact) mass is 284 g/mol. The fraction of sp³-hybridized carbons (Fsp3) is 0.353. The average molecular weight is 284 g/mol. The van der Waals surface area contributed by atoms with Crippen LogP contribution in [0.5, 0.6) is 0 Å². The Labute approximate surface area is 124 Å². The van der Waals surface area contributed by atoms with Crippen molar-refractivity contribution in [1.82, 2.24) is 4.90 Å². The molecule has 0 spiro atoms. The maximum absolute atomic E-state index is 12.2. The maximum Gasteiger partial charge on any atom is 0.414 e. The normalized spacial score (nSPS) is 13.8. The summed E-state index contributed by atoms with van der Waals surface area (Å²) in [7, 11) is 3.93. The highest BCUT2D eigenvalue weighted by Gasteiger charge is 2.26. The third-order valence-corrected chi connectivity index (χ3v) is 3.88. The number of rotatable bonds is 3. The molecule has 0 unspecified atom stereocenters. The number of hydrogen-bond acceptors (Lipinski definition) is 3. The van der Waals surface area contributed by atoms with Crippen molar-refractivity contribution >= 4 is 22.6 Å². The van der Waals surface area contributed by atoms with Gasteiger partial charge in [0.15, 0.2) is 0 Å². The number of hydrogen-bond donors (Lipinski definition) is 0. The zero-order valence-corrected chi connectivity index (χ0v) is 12.5. The van der Waals surface area contributed by atoms with E-state index in [1.807, 2.05) is 37.2 Å². The van der Waals surface area contributed by atoms with Gasteiger partial charge in [-0.2, -0.15) is 0 Å². The lowest BCUT2D eigenvalue weighted by Crippen LogP contribution is -2.31. The fourth-order valence-electron chi connectivity index (χ4n) is 2.77. The van der Waals surface area contributed by atoms with Crippen molar-refractivity contribution in [2.75, 3.05) is 38.7 Å². The first kappa shape index (κ1) is 13.9. The molecule has 0 saturated heterocycles. The second-order valence-corrected chi connectivity index (χ2v) is 5.60. The highest BCUT2D eigenvalue weighted by atomic mass is 16.6. The van der Waals surface area contributed by atoms with Crippen LogP contribution in [0.3, 0.4) is 0 Å². The number of ether oxygens (including phenoxy) is 1. The first-order valence-electron chi connectivity index (χ1n) is 7.26. The standard InChI is InChI=1S/C17H20N2O2/c1-18(2)11-12-21-17(20)19-10-9-15-14-6-4-3-5-13(14)7-8-16(15)19/h3-8H,9-12H2,1-2H3. The zero-order chi connectivity index (χ0) is 14.8. The summed E-state index contributed by atoms with van der Waals surface area (Å²) in [5.41, 5.74) is 2.24. The Hall–Kier alpha value is -2.07. The lowest BCUT2D eigenvalue weighted by atomic mass is 10.0. The molecule has 110 valence electrons. The summed E-state index contributed by atoms with van der Waals surface area (Å²) in [5.74, 6) is 0. The van der Waals surface area contributed by atoms with Gasteiger partial charge < -0.3 is 9.64 Å². The smallest absolute Gasteiger partial charge is 0.414 e. The number of amides is 1. The Morgan fingerprint density at radius 2 is 2.05 bits per heavy atom. The van der Waals surface area contributed by atoms with E-state index in [1.165, 1.54) is 16.3 Å². The van der Waals surface area contributed by atoms with E-state index in [1.54, 1.807) is 4.90 Å². The van der Waals surface area contributed by atoms with Gasteiger partial charge in [-0.25, -0.2) is 4.79 Å². The largest absolute Gasteiger partial charge is 0.448 e. The summed E-state index contributed by atoms with van der Waals surface area (Å²) in [4.78, 5) is 16.0. The van der Waals surface area contributed by atoms with Crippen molar-refractivity contribution in [2.24, 2.45) is 0 Å². The van der Waals surface area contributed by atoms with E-state index in [-0.39, 0.29) is 6.09 Å². The minimum atomic E-state index is -0.245. The molecule has 0 saturated carbocycles. The van der Waals surface area contributed by atoms with Gasteiger partial charge in [0, 0.05) is 13.1 Å². The molecule has 4 heteroatoms. The van der Waals surface area contributed by atoms with Crippen LogP contribution in [-0.2, 0) is 11.2 Å². The highest BCUT2D eigenvalue weighted by Crippen LogP contribution is 2.34. The third-order valence-electron chi connectivity index (χ3n) is 3.88. The SMILES string of the molecule is CN(C)CCOC(=O)N1CCc2c1ccc1ccccc21. The topological polar surface area (TPSA) is 32.8 Å². The van der Waals surface area contributed by atoms with Crippen molar-refractivity contribution in [3.63, 3.8) is 0 Å². The van der Waals surface area contributed by atoms with E-state index in [4.69, 9.17) is 4.74 Å². The van der Waals surface area contributed by atoms with Gasteiger partial charge in [-0.3, -0.25) is 4.90 Å². The number of carbonyl (C=O) groups is 1. The number of fused-ring (bicyclic) bond motifs is 3. The van der Waals surface area contributed by atoms with E-state index >= 15 is 0 Å². The van der Waals surface area contributed by atoms with E-state index in [0.717, 1.165) is 18.7 Å². The molecular weight excluding hydrogens is 264 g/mol. The van der Waals surface area contributed by atoms with Crippen LogP contribution in [0.4, 0.5) is 10.5 Å². The van der Waals surface area contributed by atoms with Gasteiger partial charge in [0.25, 0.3) is 0 Å². The molecule has 1 aliphatic rings. The van der Waals surface area contributed by atoms with Gasteiger partial charge >= 0.3 is 6.09 Å². The second-order valence-electron chi connectivity index (χ2n) is 5.60. The van der Waals surface area contributed by atoms with Gasteiger partial charge in [-0.1, -0.05) is 30.3 Å². The molecule has 3 rings (SSSR count). The van der Waals surface area contributed by atoms with Gasteiger partial charge in [0.1, 0.15) is 6.61 Å². The van der Waals surface area contributed by atoms with Gasteiger partial charge in [-0.05, 0) is 42.9 Å². The van der Waals surface area contributed by atoms with Crippen LogP contribution >= 0.6 is 0 Å².